The lowest BCUT2D eigenvalue weighted by Gasteiger charge is -2.27. The third-order valence-electron chi connectivity index (χ3n) is 5.17. The van der Waals surface area contributed by atoms with E-state index in [2.05, 4.69) is 5.32 Å². The number of hydrogen-bond donors (Lipinski definition) is 1. The summed E-state index contributed by atoms with van der Waals surface area (Å²) in [4.78, 5) is 38.2. The largest absolute Gasteiger partial charge is 0.419 e. The number of piperidine rings is 1. The summed E-state index contributed by atoms with van der Waals surface area (Å²) >= 11 is 0. The fraction of sp³-hybridized carbons (Fsp3) is 0.318. The van der Waals surface area contributed by atoms with Crippen LogP contribution in [0, 0.1) is 0 Å². The van der Waals surface area contributed by atoms with Gasteiger partial charge in [0.15, 0.2) is 5.58 Å². The molecule has 0 atom stereocenters. The molecule has 7 nitrogen and oxygen atoms in total. The van der Waals surface area contributed by atoms with Crippen LogP contribution in [0.1, 0.15) is 31.2 Å². The molecule has 2 aromatic carbocycles. The molecule has 150 valence electrons. The molecule has 0 spiro atoms. The van der Waals surface area contributed by atoms with Crippen molar-refractivity contribution in [3.8, 4) is 0 Å². The standard InChI is InChI=1S/C22H23N3O4/c26-20(11-13-25-18-8-1-2-9-19(18)29-22(25)28)23-15-16-6-5-7-17(14-16)24-12-4-3-10-21(24)27/h1-2,5-9,14H,3-4,10-13,15H2,(H,23,26). The number of nitrogens with zero attached hydrogens (tertiary/aromatic N) is 2. The number of benzene rings is 2. The van der Waals surface area contributed by atoms with Gasteiger partial charge in [-0.1, -0.05) is 24.3 Å². The molecule has 1 fully saturated rings. The van der Waals surface area contributed by atoms with Crippen LogP contribution in [0.3, 0.4) is 0 Å². The van der Waals surface area contributed by atoms with E-state index in [4.69, 9.17) is 4.42 Å². The van der Waals surface area contributed by atoms with Gasteiger partial charge in [-0.3, -0.25) is 14.2 Å². The van der Waals surface area contributed by atoms with Crippen LogP contribution in [-0.2, 0) is 22.7 Å². The van der Waals surface area contributed by atoms with Gasteiger partial charge in [0, 0.05) is 38.2 Å². The topological polar surface area (TPSA) is 84.5 Å². The van der Waals surface area contributed by atoms with Crippen molar-refractivity contribution >= 4 is 28.6 Å². The van der Waals surface area contributed by atoms with Crippen LogP contribution in [-0.4, -0.2) is 22.9 Å². The Labute approximate surface area is 167 Å². The van der Waals surface area contributed by atoms with Crippen molar-refractivity contribution in [2.24, 2.45) is 0 Å². The van der Waals surface area contributed by atoms with Gasteiger partial charge in [0.2, 0.25) is 11.8 Å². The van der Waals surface area contributed by atoms with Crippen molar-refractivity contribution in [1.29, 1.82) is 0 Å². The van der Waals surface area contributed by atoms with Crippen LogP contribution in [0.2, 0.25) is 0 Å². The molecule has 0 saturated carbocycles. The number of aromatic nitrogens is 1. The fourth-order valence-corrected chi connectivity index (χ4v) is 3.64. The van der Waals surface area contributed by atoms with Crippen LogP contribution < -0.4 is 16.0 Å². The molecular formula is C22H23N3O4. The Morgan fingerprint density at radius 1 is 1.07 bits per heavy atom. The Morgan fingerprint density at radius 2 is 1.93 bits per heavy atom. The van der Waals surface area contributed by atoms with Crippen molar-refractivity contribution in [1.82, 2.24) is 9.88 Å². The Morgan fingerprint density at radius 3 is 2.79 bits per heavy atom. The fourth-order valence-electron chi connectivity index (χ4n) is 3.64. The quantitative estimate of drug-likeness (QED) is 0.698. The highest BCUT2D eigenvalue weighted by atomic mass is 16.4. The van der Waals surface area contributed by atoms with Gasteiger partial charge in [0.1, 0.15) is 0 Å². The summed E-state index contributed by atoms with van der Waals surface area (Å²) in [5, 5.41) is 2.88. The number of aryl methyl sites for hydroxylation is 1. The van der Waals surface area contributed by atoms with E-state index >= 15 is 0 Å². The molecule has 29 heavy (non-hydrogen) atoms. The zero-order valence-electron chi connectivity index (χ0n) is 16.1. The van der Waals surface area contributed by atoms with E-state index in [1.807, 2.05) is 35.2 Å². The zero-order valence-corrected chi connectivity index (χ0v) is 16.1. The average molecular weight is 393 g/mol. The monoisotopic (exact) mass is 393 g/mol. The van der Waals surface area contributed by atoms with E-state index < -0.39 is 5.76 Å². The molecule has 0 radical (unpaired) electrons. The van der Waals surface area contributed by atoms with Crippen molar-refractivity contribution in [3.05, 3.63) is 64.6 Å². The van der Waals surface area contributed by atoms with Gasteiger partial charge in [-0.05, 0) is 42.7 Å². The van der Waals surface area contributed by atoms with Gasteiger partial charge in [-0.2, -0.15) is 0 Å². The van der Waals surface area contributed by atoms with Crippen LogP contribution in [0.15, 0.2) is 57.7 Å². The molecule has 0 unspecified atom stereocenters. The van der Waals surface area contributed by atoms with Crippen LogP contribution in [0.25, 0.3) is 11.1 Å². The second-order valence-corrected chi connectivity index (χ2v) is 7.19. The minimum absolute atomic E-state index is 0.148. The van der Waals surface area contributed by atoms with E-state index in [1.54, 1.807) is 18.2 Å². The number of fused-ring (bicyclic) bond motifs is 1. The van der Waals surface area contributed by atoms with E-state index in [9.17, 15) is 14.4 Å². The second-order valence-electron chi connectivity index (χ2n) is 7.19. The number of amides is 2. The van der Waals surface area contributed by atoms with Crippen molar-refractivity contribution < 1.29 is 14.0 Å². The molecule has 3 aromatic rings. The van der Waals surface area contributed by atoms with Crippen LogP contribution in [0.5, 0.6) is 0 Å². The van der Waals surface area contributed by atoms with Gasteiger partial charge in [-0.15, -0.1) is 0 Å². The molecule has 2 heterocycles. The molecule has 1 aliphatic rings. The smallest absolute Gasteiger partial charge is 0.408 e. The number of hydrogen-bond acceptors (Lipinski definition) is 4. The SMILES string of the molecule is O=C(CCn1c(=O)oc2ccccc21)NCc1cccc(N2CCCCC2=O)c1. The van der Waals surface area contributed by atoms with Crippen molar-refractivity contribution in [2.45, 2.75) is 38.8 Å². The van der Waals surface area contributed by atoms with Gasteiger partial charge >= 0.3 is 5.76 Å². The van der Waals surface area contributed by atoms with E-state index in [0.717, 1.165) is 30.6 Å². The molecule has 1 aliphatic heterocycles. The molecule has 1 saturated heterocycles. The summed E-state index contributed by atoms with van der Waals surface area (Å²) in [6.45, 7) is 1.36. The highest BCUT2D eigenvalue weighted by molar-refractivity contribution is 5.94. The molecule has 0 bridgehead atoms. The Hall–Kier alpha value is -3.35. The summed E-state index contributed by atoms with van der Waals surface area (Å²) in [7, 11) is 0. The zero-order chi connectivity index (χ0) is 20.2. The molecule has 4 rings (SSSR count). The number of oxazole rings is 1. The van der Waals surface area contributed by atoms with Crippen molar-refractivity contribution in [3.63, 3.8) is 0 Å². The minimum Gasteiger partial charge on any atom is -0.408 e. The predicted molar refractivity (Wildman–Crippen MR) is 110 cm³/mol. The minimum atomic E-state index is -0.460. The van der Waals surface area contributed by atoms with E-state index in [1.165, 1.54) is 4.57 Å². The van der Waals surface area contributed by atoms with Crippen LogP contribution >= 0.6 is 0 Å². The Balaban J connectivity index is 1.35. The molecular weight excluding hydrogens is 370 g/mol. The third kappa shape index (κ3) is 4.23. The summed E-state index contributed by atoms with van der Waals surface area (Å²) in [5.41, 5.74) is 3.00. The number of para-hydroxylation sites is 2. The normalized spacial score (nSPS) is 14.3. The lowest BCUT2D eigenvalue weighted by atomic mass is 10.1. The maximum atomic E-state index is 12.3. The predicted octanol–water partition coefficient (Wildman–Crippen LogP) is 2.82. The molecule has 7 heteroatoms. The summed E-state index contributed by atoms with van der Waals surface area (Å²) in [5.74, 6) is -0.463. The molecule has 0 aliphatic carbocycles. The first kappa shape index (κ1) is 19.0. The van der Waals surface area contributed by atoms with Crippen LogP contribution in [0.4, 0.5) is 5.69 Å². The first-order valence-corrected chi connectivity index (χ1v) is 9.86. The first-order chi connectivity index (χ1) is 14.1. The van der Waals surface area contributed by atoms with E-state index in [0.29, 0.717) is 24.1 Å². The summed E-state index contributed by atoms with van der Waals surface area (Å²) in [6, 6.07) is 14.8. The highest BCUT2D eigenvalue weighted by Crippen LogP contribution is 2.22. The summed E-state index contributed by atoms with van der Waals surface area (Å²) < 4.78 is 6.65. The van der Waals surface area contributed by atoms with Crippen molar-refractivity contribution in [2.75, 3.05) is 11.4 Å². The maximum absolute atomic E-state index is 12.3. The number of carbonyl (C=O) groups is 2. The second kappa shape index (κ2) is 8.34. The van der Waals surface area contributed by atoms with Gasteiger partial charge in [-0.25, -0.2) is 4.79 Å². The number of carbonyl (C=O) groups excluding carboxylic acids is 2. The van der Waals surface area contributed by atoms with Gasteiger partial charge < -0.3 is 14.6 Å². The molecule has 1 N–H and O–H groups in total. The highest BCUT2D eigenvalue weighted by Gasteiger charge is 2.19. The Bertz CT molecular complexity index is 1100. The third-order valence-corrected chi connectivity index (χ3v) is 5.17. The van der Waals surface area contributed by atoms with Gasteiger partial charge in [0.05, 0.1) is 5.52 Å². The molecule has 2 amide bonds. The van der Waals surface area contributed by atoms with E-state index in [-0.39, 0.29) is 24.8 Å². The van der Waals surface area contributed by atoms with Gasteiger partial charge in [0.25, 0.3) is 0 Å². The number of rotatable bonds is 6. The molecule has 1 aromatic heterocycles. The first-order valence-electron chi connectivity index (χ1n) is 9.86. The number of anilines is 1. The Kier molecular flexibility index (Phi) is 5.46. The number of nitrogens with one attached hydrogen (secondary N) is 1. The lowest BCUT2D eigenvalue weighted by molar-refractivity contribution is -0.121. The average Bonchev–Trinajstić information content (AvgIpc) is 3.06. The maximum Gasteiger partial charge on any atom is 0.419 e. The lowest BCUT2D eigenvalue weighted by Crippen LogP contribution is -2.35. The summed E-state index contributed by atoms with van der Waals surface area (Å²) in [6.07, 6.45) is 2.71.